The lowest BCUT2D eigenvalue weighted by Crippen LogP contribution is -2.46. The van der Waals surface area contributed by atoms with E-state index in [9.17, 15) is 0 Å². The van der Waals surface area contributed by atoms with Crippen LogP contribution in [0.3, 0.4) is 0 Å². The minimum atomic E-state index is 0.752. The van der Waals surface area contributed by atoms with E-state index in [1.165, 1.54) is 49.7 Å². The summed E-state index contributed by atoms with van der Waals surface area (Å²) in [6.45, 7) is 7.31. The predicted octanol–water partition coefficient (Wildman–Crippen LogP) is 3.18. The zero-order chi connectivity index (χ0) is 12.8. The number of likely N-dealkylation sites (tertiary alicyclic amines) is 1. The first kappa shape index (κ1) is 12.1. The van der Waals surface area contributed by atoms with Crippen molar-refractivity contribution in [2.24, 2.45) is 0 Å². The van der Waals surface area contributed by atoms with Crippen LogP contribution in [0.25, 0.3) is 0 Å². The lowest BCUT2D eigenvalue weighted by Gasteiger charge is -2.38. The van der Waals surface area contributed by atoms with Crippen LogP contribution in [-0.2, 0) is 0 Å². The lowest BCUT2D eigenvalue weighted by molar-refractivity contribution is 0.202. The molecule has 1 fully saturated rings. The van der Waals surface area contributed by atoms with Crippen LogP contribution >= 0.6 is 11.8 Å². The minimum absolute atomic E-state index is 0.752. The molecule has 2 atom stereocenters. The van der Waals surface area contributed by atoms with Gasteiger partial charge in [-0.25, -0.2) is 0 Å². The molecule has 0 unspecified atom stereocenters. The molecule has 0 spiro atoms. The number of nitrogens with zero attached hydrogens (tertiary/aromatic N) is 2. The molecule has 0 saturated carbocycles. The van der Waals surface area contributed by atoms with E-state index in [0.29, 0.717) is 0 Å². The molecular weight excluding hydrogens is 252 g/mol. The Labute approximate surface area is 120 Å². The molecule has 3 heterocycles. The van der Waals surface area contributed by atoms with E-state index >= 15 is 0 Å². The van der Waals surface area contributed by atoms with Crippen LogP contribution in [0.4, 0.5) is 5.69 Å². The van der Waals surface area contributed by atoms with Crippen LogP contribution in [0.2, 0.25) is 0 Å². The molecule has 102 valence electrons. The number of likely N-dealkylation sites (N-methyl/N-ethyl adjacent to an activating group) is 1. The van der Waals surface area contributed by atoms with E-state index in [2.05, 4.69) is 46.7 Å². The van der Waals surface area contributed by atoms with Gasteiger partial charge in [0.05, 0.1) is 5.69 Å². The second-order valence-corrected chi connectivity index (χ2v) is 7.08. The van der Waals surface area contributed by atoms with Crippen LogP contribution in [0, 0.1) is 0 Å². The number of hydrogen-bond acceptors (Lipinski definition) is 3. The highest BCUT2D eigenvalue weighted by Gasteiger charge is 2.42. The third-order valence-electron chi connectivity index (χ3n) is 5.03. The van der Waals surface area contributed by atoms with Gasteiger partial charge in [-0.1, -0.05) is 19.1 Å². The van der Waals surface area contributed by atoms with Crippen LogP contribution in [0.5, 0.6) is 0 Å². The Morgan fingerprint density at radius 2 is 2.26 bits per heavy atom. The van der Waals surface area contributed by atoms with Crippen molar-refractivity contribution in [2.75, 3.05) is 36.8 Å². The van der Waals surface area contributed by atoms with E-state index in [4.69, 9.17) is 0 Å². The highest BCUT2D eigenvalue weighted by atomic mass is 32.2. The smallest absolute Gasteiger partial charge is 0.0543 e. The van der Waals surface area contributed by atoms with Gasteiger partial charge in [0.25, 0.3) is 0 Å². The summed E-state index contributed by atoms with van der Waals surface area (Å²) >= 11 is 2.06. The number of para-hydroxylation sites is 1. The molecule has 0 amide bonds. The molecule has 2 nitrogen and oxygen atoms in total. The molecule has 1 saturated heterocycles. The normalized spacial score (nSPS) is 29.8. The Hall–Kier alpha value is -0.670. The summed E-state index contributed by atoms with van der Waals surface area (Å²) in [5, 5.41) is 0. The van der Waals surface area contributed by atoms with Crippen molar-refractivity contribution in [1.82, 2.24) is 4.90 Å². The summed E-state index contributed by atoms with van der Waals surface area (Å²) in [4.78, 5) is 6.91. The Morgan fingerprint density at radius 1 is 1.32 bits per heavy atom. The zero-order valence-electron chi connectivity index (χ0n) is 11.6. The Morgan fingerprint density at radius 3 is 3.16 bits per heavy atom. The maximum absolute atomic E-state index is 2.75. The molecule has 1 aromatic carbocycles. The van der Waals surface area contributed by atoms with Gasteiger partial charge in [-0.3, -0.25) is 0 Å². The number of anilines is 1. The fourth-order valence-electron chi connectivity index (χ4n) is 4.10. The van der Waals surface area contributed by atoms with E-state index in [-0.39, 0.29) is 0 Å². The zero-order valence-corrected chi connectivity index (χ0v) is 12.5. The molecule has 3 aliphatic rings. The van der Waals surface area contributed by atoms with Gasteiger partial charge in [0, 0.05) is 36.5 Å². The summed E-state index contributed by atoms with van der Waals surface area (Å²) in [7, 11) is 0. The van der Waals surface area contributed by atoms with Crippen molar-refractivity contribution in [3.05, 3.63) is 23.8 Å². The van der Waals surface area contributed by atoms with Crippen molar-refractivity contribution < 1.29 is 0 Å². The molecule has 19 heavy (non-hydrogen) atoms. The maximum atomic E-state index is 2.75. The molecule has 3 heteroatoms. The first-order valence-electron chi connectivity index (χ1n) is 7.63. The first-order valence-corrected chi connectivity index (χ1v) is 8.61. The lowest BCUT2D eigenvalue weighted by atomic mass is 9.89. The van der Waals surface area contributed by atoms with Crippen molar-refractivity contribution in [1.29, 1.82) is 0 Å². The van der Waals surface area contributed by atoms with Gasteiger partial charge in [-0.2, -0.15) is 0 Å². The number of rotatable bonds is 1. The van der Waals surface area contributed by atoms with Gasteiger partial charge in [0.1, 0.15) is 0 Å². The second-order valence-electron chi connectivity index (χ2n) is 5.95. The Kier molecular flexibility index (Phi) is 3.00. The van der Waals surface area contributed by atoms with Crippen molar-refractivity contribution in [2.45, 2.75) is 36.6 Å². The van der Waals surface area contributed by atoms with Crippen molar-refractivity contribution >= 4 is 17.4 Å². The molecule has 0 radical (unpaired) electrons. The molecule has 0 aromatic heterocycles. The molecule has 0 bridgehead atoms. The molecule has 1 aromatic rings. The van der Waals surface area contributed by atoms with Gasteiger partial charge in [0.15, 0.2) is 0 Å². The monoisotopic (exact) mass is 274 g/mol. The third kappa shape index (κ3) is 1.82. The highest BCUT2D eigenvalue weighted by molar-refractivity contribution is 7.99. The van der Waals surface area contributed by atoms with Gasteiger partial charge in [0.2, 0.25) is 0 Å². The van der Waals surface area contributed by atoms with E-state index in [0.717, 1.165) is 12.0 Å². The Balaban J connectivity index is 1.78. The van der Waals surface area contributed by atoms with Crippen LogP contribution in [0.1, 0.15) is 31.2 Å². The molecule has 4 rings (SSSR count). The quantitative estimate of drug-likeness (QED) is 0.776. The Bertz CT molecular complexity index is 488. The van der Waals surface area contributed by atoms with Crippen LogP contribution in [-0.4, -0.2) is 42.9 Å². The molecule has 0 aliphatic carbocycles. The van der Waals surface area contributed by atoms with Crippen LogP contribution in [0.15, 0.2) is 23.1 Å². The highest BCUT2D eigenvalue weighted by Crippen LogP contribution is 2.50. The van der Waals surface area contributed by atoms with Gasteiger partial charge < -0.3 is 9.80 Å². The average molecular weight is 274 g/mol. The second kappa shape index (κ2) is 4.71. The summed E-state index contributed by atoms with van der Waals surface area (Å²) in [5.41, 5.74) is 3.23. The van der Waals surface area contributed by atoms with E-state index < -0.39 is 0 Å². The molecule has 0 N–H and O–H groups in total. The van der Waals surface area contributed by atoms with Gasteiger partial charge >= 0.3 is 0 Å². The standard InChI is InChI=1S/C16H22N2S/c1-2-17-9-7-14-13(11-17)12-5-3-6-15-16(12)18(14)8-4-10-19-15/h3,5-6,13-14H,2,4,7-11H2,1H3/t13-,14-/m1/s1. The third-order valence-corrected chi connectivity index (χ3v) is 6.16. The summed E-state index contributed by atoms with van der Waals surface area (Å²) in [6, 6.07) is 7.77. The first-order chi connectivity index (χ1) is 9.38. The molecule has 3 aliphatic heterocycles. The fraction of sp³-hybridized carbons (Fsp3) is 0.625. The number of fused-ring (bicyclic) bond motifs is 3. The summed E-state index contributed by atoms with van der Waals surface area (Å²) in [6.07, 6.45) is 2.68. The SMILES string of the molecule is CCN1CC[C@@H]2[C@H](C1)c1cccc3c1N2CCCS3. The fourth-order valence-corrected chi connectivity index (χ4v) is 5.14. The number of benzene rings is 1. The van der Waals surface area contributed by atoms with Crippen LogP contribution < -0.4 is 4.90 Å². The van der Waals surface area contributed by atoms with Crippen molar-refractivity contribution in [3.8, 4) is 0 Å². The predicted molar refractivity (Wildman–Crippen MR) is 82.4 cm³/mol. The molecular formula is C16H22N2S. The maximum Gasteiger partial charge on any atom is 0.0543 e. The largest absolute Gasteiger partial charge is 0.367 e. The van der Waals surface area contributed by atoms with E-state index in [1.807, 2.05) is 0 Å². The minimum Gasteiger partial charge on any atom is -0.367 e. The number of piperidine rings is 1. The topological polar surface area (TPSA) is 6.48 Å². The van der Waals surface area contributed by atoms with E-state index in [1.54, 1.807) is 11.3 Å². The summed E-state index contributed by atoms with van der Waals surface area (Å²) in [5.74, 6) is 2.04. The summed E-state index contributed by atoms with van der Waals surface area (Å²) < 4.78 is 0. The van der Waals surface area contributed by atoms with Gasteiger partial charge in [-0.15, -0.1) is 11.8 Å². The average Bonchev–Trinajstić information content (AvgIpc) is 2.62. The van der Waals surface area contributed by atoms with Gasteiger partial charge in [-0.05, 0) is 36.8 Å². The number of hydrogen-bond donors (Lipinski definition) is 0. The number of thioether (sulfide) groups is 1. The van der Waals surface area contributed by atoms with Crippen molar-refractivity contribution in [3.63, 3.8) is 0 Å².